The third kappa shape index (κ3) is 5.99. The number of fused-ring (bicyclic) bond motifs is 1. The number of rotatable bonds is 9. The Labute approximate surface area is 234 Å². The highest BCUT2D eigenvalue weighted by Crippen LogP contribution is 2.34. The normalized spacial score (nSPS) is 14.8. The van der Waals surface area contributed by atoms with Crippen LogP contribution in [-0.4, -0.2) is 63.9 Å². The molecular weight excluding hydrogens is 502 g/mol. The van der Waals surface area contributed by atoms with E-state index in [2.05, 4.69) is 59.0 Å². The number of hydrogen-bond acceptors (Lipinski definition) is 6. The average Bonchev–Trinajstić information content (AvgIpc) is 3.40. The second-order valence-corrected chi connectivity index (χ2v) is 10.7. The lowest BCUT2D eigenvalue weighted by Gasteiger charge is -2.44. The third-order valence-corrected chi connectivity index (χ3v) is 7.34. The molecule has 4 N–H and O–H groups in total. The molecule has 0 saturated carbocycles. The number of nitrogens with one attached hydrogen (secondary N) is 4. The minimum Gasteiger partial charge on any atom is -0.368 e. The van der Waals surface area contributed by atoms with E-state index in [0.717, 1.165) is 23.8 Å². The summed E-state index contributed by atoms with van der Waals surface area (Å²) in [5, 5.41) is 10.6. The van der Waals surface area contributed by atoms with Gasteiger partial charge in [-0.1, -0.05) is 74.5 Å². The number of anilines is 1. The topological polar surface area (TPSA) is 115 Å². The first-order chi connectivity index (χ1) is 19.3. The van der Waals surface area contributed by atoms with Crippen molar-refractivity contribution < 1.29 is 9.59 Å². The van der Waals surface area contributed by atoms with E-state index in [9.17, 15) is 9.59 Å². The second-order valence-electron chi connectivity index (χ2n) is 10.7. The standard InChI is InChI=1S/C31H37N7O2/c1-21(2)37-31(24-12-8-5-9-13-24)14-18-38(19-15-31)30(40)26-20-25-28(33-17-16-32-22(3)39)35-27(36-29(25)34-26)23-10-6-4-7-11-23/h4-13,20-21,37H,14-19H2,1-3H3,(H,32,39)(H2,33,34,35,36). The van der Waals surface area contributed by atoms with Gasteiger partial charge in [0, 0.05) is 50.2 Å². The predicted octanol–water partition coefficient (Wildman–Crippen LogP) is 4.30. The molecule has 0 aliphatic carbocycles. The minimum atomic E-state index is -0.159. The van der Waals surface area contributed by atoms with Gasteiger partial charge in [-0.05, 0) is 24.5 Å². The molecular formula is C31H37N7O2. The zero-order valence-electron chi connectivity index (χ0n) is 23.3. The van der Waals surface area contributed by atoms with Gasteiger partial charge in [-0.15, -0.1) is 0 Å². The number of carbonyl (C=O) groups excluding carboxylic acids is 2. The molecule has 1 fully saturated rings. The van der Waals surface area contributed by atoms with Crippen LogP contribution < -0.4 is 16.0 Å². The highest BCUT2D eigenvalue weighted by Gasteiger charge is 2.38. The Bertz CT molecular complexity index is 1460. The first kappa shape index (κ1) is 27.3. The second kappa shape index (κ2) is 11.9. The van der Waals surface area contributed by atoms with Crippen molar-refractivity contribution in [1.82, 2.24) is 30.5 Å². The summed E-state index contributed by atoms with van der Waals surface area (Å²) in [7, 11) is 0. The number of aromatic amines is 1. The summed E-state index contributed by atoms with van der Waals surface area (Å²) in [5.74, 6) is 1.04. The molecule has 2 amide bonds. The largest absolute Gasteiger partial charge is 0.368 e. The van der Waals surface area contributed by atoms with Crippen LogP contribution in [0.25, 0.3) is 22.4 Å². The Morgan fingerprint density at radius 1 is 0.975 bits per heavy atom. The summed E-state index contributed by atoms with van der Waals surface area (Å²) in [4.78, 5) is 39.7. The Morgan fingerprint density at radius 2 is 1.65 bits per heavy atom. The summed E-state index contributed by atoms with van der Waals surface area (Å²) in [6.07, 6.45) is 1.66. The van der Waals surface area contributed by atoms with Crippen LogP contribution in [0.4, 0.5) is 5.82 Å². The van der Waals surface area contributed by atoms with E-state index in [-0.39, 0.29) is 17.4 Å². The van der Waals surface area contributed by atoms with Crippen LogP contribution >= 0.6 is 0 Å². The van der Waals surface area contributed by atoms with Gasteiger partial charge in [0.25, 0.3) is 5.91 Å². The lowest BCUT2D eigenvalue weighted by Crippen LogP contribution is -2.54. The first-order valence-corrected chi connectivity index (χ1v) is 13.9. The van der Waals surface area contributed by atoms with Crippen LogP contribution in [0.3, 0.4) is 0 Å². The van der Waals surface area contributed by atoms with Gasteiger partial charge in [0.1, 0.15) is 17.2 Å². The van der Waals surface area contributed by atoms with Crippen LogP contribution in [0.1, 0.15) is 49.7 Å². The molecule has 3 heterocycles. The number of aromatic nitrogens is 3. The van der Waals surface area contributed by atoms with Crippen molar-refractivity contribution in [2.75, 3.05) is 31.5 Å². The highest BCUT2D eigenvalue weighted by atomic mass is 16.2. The number of piperidine rings is 1. The number of benzene rings is 2. The van der Waals surface area contributed by atoms with Crippen molar-refractivity contribution in [3.8, 4) is 11.4 Å². The molecule has 1 aliphatic rings. The van der Waals surface area contributed by atoms with Crippen LogP contribution in [0.5, 0.6) is 0 Å². The Balaban J connectivity index is 1.39. The zero-order valence-corrected chi connectivity index (χ0v) is 23.3. The maximum absolute atomic E-state index is 13.7. The molecule has 4 aromatic rings. The van der Waals surface area contributed by atoms with E-state index in [1.165, 1.54) is 12.5 Å². The number of amides is 2. The maximum atomic E-state index is 13.7. The molecule has 9 nitrogen and oxygen atoms in total. The van der Waals surface area contributed by atoms with Gasteiger partial charge in [-0.25, -0.2) is 9.97 Å². The molecule has 0 bridgehead atoms. The fourth-order valence-corrected chi connectivity index (χ4v) is 5.48. The van der Waals surface area contributed by atoms with Crippen LogP contribution in [0.2, 0.25) is 0 Å². The Morgan fingerprint density at radius 3 is 2.30 bits per heavy atom. The highest BCUT2D eigenvalue weighted by molar-refractivity contribution is 6.00. The van der Waals surface area contributed by atoms with Crippen molar-refractivity contribution in [3.05, 3.63) is 78.0 Å². The molecule has 208 valence electrons. The van der Waals surface area contributed by atoms with Gasteiger partial charge in [0.15, 0.2) is 5.82 Å². The lowest BCUT2D eigenvalue weighted by molar-refractivity contribution is -0.118. The number of likely N-dealkylation sites (tertiary alicyclic amines) is 1. The quantitative estimate of drug-likeness (QED) is 0.236. The Hall–Kier alpha value is -4.24. The summed E-state index contributed by atoms with van der Waals surface area (Å²) in [5.41, 5.74) is 3.07. The zero-order chi connectivity index (χ0) is 28.1. The van der Waals surface area contributed by atoms with Crippen LogP contribution in [0.15, 0.2) is 66.7 Å². The number of nitrogens with zero attached hydrogens (tertiary/aromatic N) is 3. The van der Waals surface area contributed by atoms with Gasteiger partial charge in [0.2, 0.25) is 5.91 Å². The molecule has 0 radical (unpaired) electrons. The van der Waals surface area contributed by atoms with Gasteiger partial charge < -0.3 is 25.8 Å². The predicted molar refractivity (Wildman–Crippen MR) is 158 cm³/mol. The van der Waals surface area contributed by atoms with Gasteiger partial charge in [-0.3, -0.25) is 9.59 Å². The van der Waals surface area contributed by atoms with Crippen LogP contribution in [0, 0.1) is 0 Å². The van der Waals surface area contributed by atoms with E-state index in [1.54, 1.807) is 0 Å². The maximum Gasteiger partial charge on any atom is 0.270 e. The number of hydrogen-bond donors (Lipinski definition) is 4. The molecule has 1 saturated heterocycles. The van der Waals surface area contributed by atoms with Crippen LogP contribution in [-0.2, 0) is 10.3 Å². The van der Waals surface area contributed by atoms with E-state index < -0.39 is 0 Å². The SMILES string of the molecule is CC(=O)NCCNc1nc(-c2ccccc2)nc2[nH]c(C(=O)N3CCC(NC(C)C)(c4ccccc4)CC3)cc12. The van der Waals surface area contributed by atoms with E-state index >= 15 is 0 Å². The van der Waals surface area contributed by atoms with Gasteiger partial charge in [-0.2, -0.15) is 0 Å². The molecule has 5 rings (SSSR count). The molecule has 40 heavy (non-hydrogen) atoms. The fourth-order valence-electron chi connectivity index (χ4n) is 5.48. The molecule has 0 spiro atoms. The average molecular weight is 540 g/mol. The third-order valence-electron chi connectivity index (χ3n) is 7.34. The molecule has 2 aromatic carbocycles. The first-order valence-electron chi connectivity index (χ1n) is 13.9. The van der Waals surface area contributed by atoms with E-state index in [0.29, 0.717) is 55.2 Å². The smallest absolute Gasteiger partial charge is 0.270 e. The molecule has 0 atom stereocenters. The molecule has 0 unspecified atom stereocenters. The minimum absolute atomic E-state index is 0.0466. The van der Waals surface area contributed by atoms with Crippen molar-refractivity contribution in [1.29, 1.82) is 0 Å². The van der Waals surface area contributed by atoms with Crippen molar-refractivity contribution in [2.45, 2.75) is 45.2 Å². The fraction of sp³-hybridized carbons (Fsp3) is 0.355. The Kier molecular flexibility index (Phi) is 8.11. The van der Waals surface area contributed by atoms with Gasteiger partial charge in [0.05, 0.1) is 5.39 Å². The van der Waals surface area contributed by atoms with Crippen molar-refractivity contribution in [3.63, 3.8) is 0 Å². The number of H-pyrrole nitrogens is 1. The molecule has 9 heteroatoms. The van der Waals surface area contributed by atoms with E-state index in [4.69, 9.17) is 9.97 Å². The summed E-state index contributed by atoms with van der Waals surface area (Å²) in [6, 6.07) is 22.4. The summed E-state index contributed by atoms with van der Waals surface area (Å²) < 4.78 is 0. The van der Waals surface area contributed by atoms with Crippen molar-refractivity contribution >= 4 is 28.7 Å². The monoisotopic (exact) mass is 539 g/mol. The summed E-state index contributed by atoms with van der Waals surface area (Å²) >= 11 is 0. The number of carbonyl (C=O) groups is 2. The lowest BCUT2D eigenvalue weighted by atomic mass is 9.80. The van der Waals surface area contributed by atoms with Gasteiger partial charge >= 0.3 is 0 Å². The van der Waals surface area contributed by atoms with E-state index in [1.807, 2.05) is 47.4 Å². The summed E-state index contributed by atoms with van der Waals surface area (Å²) in [6.45, 7) is 8.06. The molecule has 2 aromatic heterocycles. The van der Waals surface area contributed by atoms with Crippen molar-refractivity contribution in [2.24, 2.45) is 0 Å². The molecule has 1 aliphatic heterocycles.